The van der Waals surface area contributed by atoms with Crippen molar-refractivity contribution >= 4 is 61.5 Å². The van der Waals surface area contributed by atoms with Crippen molar-refractivity contribution in [1.29, 1.82) is 0 Å². The highest BCUT2D eigenvalue weighted by atomic mass is 32.2. The zero-order valence-electron chi connectivity index (χ0n) is 24.1. The number of para-hydroxylation sites is 1. The smallest absolute Gasteiger partial charge is 0.341 e. The predicted octanol–water partition coefficient (Wildman–Crippen LogP) is 7.52. The second-order valence-corrected chi connectivity index (χ2v) is 13.8. The van der Waals surface area contributed by atoms with Crippen molar-refractivity contribution in [3.8, 4) is 16.8 Å². The van der Waals surface area contributed by atoms with Crippen molar-refractivity contribution in [3.63, 3.8) is 0 Å². The first-order valence-electron chi connectivity index (χ1n) is 14.3. The number of carbonyl (C=O) groups excluding carboxylic acids is 2. The molecule has 0 saturated carbocycles. The second kappa shape index (κ2) is 12.5. The van der Waals surface area contributed by atoms with E-state index in [2.05, 4.69) is 12.2 Å². The summed E-state index contributed by atoms with van der Waals surface area (Å²) in [5, 5.41) is 4.53. The third-order valence-electron chi connectivity index (χ3n) is 7.52. The molecule has 0 aliphatic heterocycles. The minimum absolute atomic E-state index is 0.0158. The molecule has 1 atom stereocenters. The van der Waals surface area contributed by atoms with Crippen LogP contribution in [0.15, 0.2) is 70.6 Å². The summed E-state index contributed by atoms with van der Waals surface area (Å²) in [4.78, 5) is 48.1. The van der Waals surface area contributed by atoms with E-state index in [1.54, 1.807) is 11.5 Å². The van der Waals surface area contributed by atoms with E-state index in [-0.39, 0.29) is 23.8 Å². The molecule has 0 fully saturated rings. The van der Waals surface area contributed by atoms with Gasteiger partial charge in [-0.15, -0.1) is 22.7 Å². The number of hydrogen-bond donors (Lipinski definition) is 1. The molecular weight excluding hydrogens is 599 g/mol. The molecule has 220 valence electrons. The monoisotopic (exact) mass is 629 g/mol. The van der Waals surface area contributed by atoms with Gasteiger partial charge in [-0.05, 0) is 62.3 Å². The Hall–Kier alpha value is -3.73. The number of fused-ring (bicyclic) bond motifs is 2. The maximum atomic E-state index is 14.2. The fourth-order valence-electron chi connectivity index (χ4n) is 5.55. The highest BCUT2D eigenvalue weighted by Crippen LogP contribution is 2.41. The number of thiophene rings is 2. The van der Waals surface area contributed by atoms with Crippen LogP contribution in [-0.4, -0.2) is 33.8 Å². The van der Waals surface area contributed by atoms with E-state index in [9.17, 15) is 14.4 Å². The standard InChI is InChI=1S/C33H31N3O4S3/c1-4-40-32(39)27-23-16-15-19(2)17-24(23)43-29(27)34-25(37)18-41-33-35-30-28(31(38)36(33)22-13-9-6-10-14-22)26(20(3)42-30)21-11-7-5-8-12-21/h5-14,19H,4,15-18H2,1-3H3,(H,34,37)/t19-/m0/s1. The van der Waals surface area contributed by atoms with Crippen LogP contribution < -0.4 is 10.9 Å². The fourth-order valence-corrected chi connectivity index (χ4v) is 8.86. The number of nitrogens with zero attached hydrogens (tertiary/aromatic N) is 2. The van der Waals surface area contributed by atoms with Gasteiger partial charge in [-0.3, -0.25) is 14.2 Å². The van der Waals surface area contributed by atoms with Crippen LogP contribution in [0.25, 0.3) is 27.0 Å². The van der Waals surface area contributed by atoms with E-state index in [0.29, 0.717) is 37.5 Å². The lowest BCUT2D eigenvalue weighted by molar-refractivity contribution is -0.113. The summed E-state index contributed by atoms with van der Waals surface area (Å²) in [5.74, 6) is -0.130. The molecule has 0 unspecified atom stereocenters. The third kappa shape index (κ3) is 5.79. The average molecular weight is 630 g/mol. The molecule has 1 aliphatic rings. The van der Waals surface area contributed by atoms with Crippen LogP contribution in [0.4, 0.5) is 5.00 Å². The van der Waals surface area contributed by atoms with Gasteiger partial charge >= 0.3 is 5.97 Å². The molecule has 0 spiro atoms. The lowest BCUT2D eigenvalue weighted by atomic mass is 9.88. The number of rotatable bonds is 8. The molecule has 7 nitrogen and oxygen atoms in total. The first-order chi connectivity index (χ1) is 20.9. The summed E-state index contributed by atoms with van der Waals surface area (Å²) in [6.45, 7) is 6.25. The quantitative estimate of drug-likeness (QED) is 0.109. The number of aromatic nitrogens is 2. The van der Waals surface area contributed by atoms with Gasteiger partial charge in [-0.2, -0.15) is 0 Å². The Labute approximate surface area is 261 Å². The molecule has 1 amide bonds. The van der Waals surface area contributed by atoms with Gasteiger partial charge in [0, 0.05) is 15.3 Å². The molecule has 2 aromatic carbocycles. The summed E-state index contributed by atoms with van der Waals surface area (Å²) in [6.07, 6.45) is 2.68. The van der Waals surface area contributed by atoms with Crippen LogP contribution in [0.2, 0.25) is 0 Å². The van der Waals surface area contributed by atoms with Crippen LogP contribution in [0.5, 0.6) is 0 Å². The molecule has 10 heteroatoms. The molecule has 0 radical (unpaired) electrons. The molecular formula is C33H31N3O4S3. The molecule has 3 aromatic heterocycles. The van der Waals surface area contributed by atoms with E-state index < -0.39 is 5.97 Å². The van der Waals surface area contributed by atoms with E-state index in [4.69, 9.17) is 9.72 Å². The summed E-state index contributed by atoms with van der Waals surface area (Å²) < 4.78 is 6.95. The topological polar surface area (TPSA) is 90.3 Å². The van der Waals surface area contributed by atoms with E-state index in [0.717, 1.165) is 45.7 Å². The van der Waals surface area contributed by atoms with Crippen LogP contribution in [0.1, 0.15) is 45.9 Å². The largest absolute Gasteiger partial charge is 0.462 e. The second-order valence-electron chi connectivity index (χ2n) is 10.6. The lowest BCUT2D eigenvalue weighted by Crippen LogP contribution is -2.23. The molecule has 6 rings (SSSR count). The number of nitrogens with one attached hydrogen (secondary N) is 1. The van der Waals surface area contributed by atoms with Crippen LogP contribution in [-0.2, 0) is 22.4 Å². The van der Waals surface area contributed by atoms with Crippen molar-refractivity contribution in [2.45, 2.75) is 45.2 Å². The molecule has 0 saturated heterocycles. The zero-order valence-corrected chi connectivity index (χ0v) is 26.6. The van der Waals surface area contributed by atoms with Crippen LogP contribution >= 0.6 is 34.4 Å². The van der Waals surface area contributed by atoms with E-state index in [1.165, 1.54) is 34.4 Å². The lowest BCUT2D eigenvalue weighted by Gasteiger charge is -2.18. The number of carbonyl (C=O) groups is 2. The Morgan fingerprint density at radius 1 is 1.09 bits per heavy atom. The van der Waals surface area contributed by atoms with Gasteiger partial charge in [0.1, 0.15) is 9.83 Å². The van der Waals surface area contributed by atoms with Gasteiger partial charge in [0.05, 0.1) is 29.0 Å². The molecule has 1 aliphatic carbocycles. The number of benzene rings is 2. The molecule has 0 bridgehead atoms. The molecule has 1 N–H and O–H groups in total. The fraction of sp³-hybridized carbons (Fsp3) is 0.273. The highest BCUT2D eigenvalue weighted by Gasteiger charge is 2.29. The maximum Gasteiger partial charge on any atom is 0.341 e. The minimum atomic E-state index is -0.398. The number of aryl methyl sites for hydroxylation is 1. The van der Waals surface area contributed by atoms with Gasteiger partial charge in [0.15, 0.2) is 5.16 Å². The van der Waals surface area contributed by atoms with Gasteiger partial charge in [0.2, 0.25) is 5.91 Å². The van der Waals surface area contributed by atoms with Crippen molar-refractivity contribution in [1.82, 2.24) is 9.55 Å². The van der Waals surface area contributed by atoms with Crippen LogP contribution in [0.3, 0.4) is 0 Å². The summed E-state index contributed by atoms with van der Waals surface area (Å²) in [6, 6.07) is 19.3. The van der Waals surface area contributed by atoms with Crippen molar-refractivity contribution in [2.24, 2.45) is 5.92 Å². The number of esters is 1. The van der Waals surface area contributed by atoms with Crippen molar-refractivity contribution in [2.75, 3.05) is 17.7 Å². The first-order valence-corrected chi connectivity index (χ1v) is 16.9. The van der Waals surface area contributed by atoms with Gasteiger partial charge in [-0.1, -0.05) is 67.2 Å². The number of anilines is 1. The summed E-state index contributed by atoms with van der Waals surface area (Å²) >= 11 is 4.15. The SMILES string of the molecule is CCOC(=O)c1c(NC(=O)CSc2nc3sc(C)c(-c4ccccc4)c3c(=O)n2-c2ccccc2)sc2c1CC[C@H](C)C2. The zero-order chi connectivity index (χ0) is 30.1. The van der Waals surface area contributed by atoms with E-state index >= 15 is 0 Å². The number of ether oxygens (including phenoxy) is 1. The Kier molecular flexibility index (Phi) is 8.52. The molecule has 43 heavy (non-hydrogen) atoms. The number of amides is 1. The van der Waals surface area contributed by atoms with Crippen LogP contribution in [0, 0.1) is 12.8 Å². The third-order valence-corrected chi connectivity index (χ3v) is 10.6. The number of thioether (sulfide) groups is 1. The Morgan fingerprint density at radius 2 is 1.81 bits per heavy atom. The predicted molar refractivity (Wildman–Crippen MR) is 176 cm³/mol. The minimum Gasteiger partial charge on any atom is -0.462 e. The highest BCUT2D eigenvalue weighted by molar-refractivity contribution is 7.99. The Balaban J connectivity index is 1.34. The van der Waals surface area contributed by atoms with Gasteiger partial charge in [0.25, 0.3) is 5.56 Å². The summed E-state index contributed by atoms with van der Waals surface area (Å²) in [7, 11) is 0. The normalized spacial score (nSPS) is 14.4. The Morgan fingerprint density at radius 3 is 2.53 bits per heavy atom. The summed E-state index contributed by atoms with van der Waals surface area (Å²) in [5.41, 5.74) is 3.84. The Bertz CT molecular complexity index is 1880. The molecule has 5 aromatic rings. The van der Waals surface area contributed by atoms with Crippen molar-refractivity contribution < 1.29 is 14.3 Å². The van der Waals surface area contributed by atoms with E-state index in [1.807, 2.05) is 67.6 Å². The number of hydrogen-bond acceptors (Lipinski definition) is 8. The average Bonchev–Trinajstić information content (AvgIpc) is 3.53. The van der Waals surface area contributed by atoms with Crippen molar-refractivity contribution in [3.05, 3.63) is 91.9 Å². The maximum absolute atomic E-state index is 14.2. The van der Waals surface area contributed by atoms with Gasteiger partial charge in [-0.25, -0.2) is 9.78 Å². The first kappa shape index (κ1) is 29.3. The molecule has 3 heterocycles. The van der Waals surface area contributed by atoms with Gasteiger partial charge < -0.3 is 10.1 Å².